The van der Waals surface area contributed by atoms with Gasteiger partial charge in [0.05, 0.1) is 33.6 Å². The molecule has 0 aliphatic carbocycles. The minimum absolute atomic E-state index is 0.104. The molecule has 0 aliphatic heterocycles. The predicted octanol–water partition coefficient (Wildman–Crippen LogP) is 4.95. The number of nitrogens with one attached hydrogen (secondary N) is 1. The van der Waals surface area contributed by atoms with E-state index in [0.717, 1.165) is 9.13 Å². The van der Waals surface area contributed by atoms with E-state index in [2.05, 4.69) is 44.2 Å². The van der Waals surface area contributed by atoms with Gasteiger partial charge in [0, 0.05) is 11.8 Å². The molecule has 1 heterocycles. The highest BCUT2D eigenvalue weighted by molar-refractivity contribution is 14.1. The normalized spacial score (nSPS) is 10.6. The number of amides is 1. The fourth-order valence-corrected chi connectivity index (χ4v) is 3.74. The van der Waals surface area contributed by atoms with Gasteiger partial charge >= 0.3 is 0 Å². The van der Waals surface area contributed by atoms with Crippen LogP contribution >= 0.6 is 34.2 Å². The molecule has 3 rings (SSSR count). The van der Waals surface area contributed by atoms with Gasteiger partial charge in [-0.15, -0.1) is 0 Å². The molecule has 1 amide bonds. The average molecular weight is 561 g/mol. The Morgan fingerprint density at radius 3 is 2.84 bits per heavy atom. The highest BCUT2D eigenvalue weighted by atomic mass is 127. The van der Waals surface area contributed by atoms with E-state index in [0.29, 0.717) is 29.2 Å². The van der Waals surface area contributed by atoms with Gasteiger partial charge in [-0.2, -0.15) is 10.4 Å². The van der Waals surface area contributed by atoms with Crippen LogP contribution in [0.2, 0.25) is 5.15 Å². The molecule has 32 heavy (non-hydrogen) atoms. The van der Waals surface area contributed by atoms with Gasteiger partial charge in [-0.25, -0.2) is 10.4 Å². The monoisotopic (exact) mass is 560 g/mol. The first kappa shape index (κ1) is 23.5. The number of halogens is 2. The minimum Gasteiger partial charge on any atom is -0.490 e. The Bertz CT molecular complexity index is 1190. The van der Waals surface area contributed by atoms with Crippen LogP contribution in [0.25, 0.3) is 0 Å². The van der Waals surface area contributed by atoms with Crippen molar-refractivity contribution in [2.45, 2.75) is 13.5 Å². The number of nitrogens with zero attached hydrogens (tertiary/aromatic N) is 3. The van der Waals surface area contributed by atoms with Gasteiger partial charge < -0.3 is 9.47 Å². The van der Waals surface area contributed by atoms with E-state index in [9.17, 15) is 10.1 Å². The van der Waals surface area contributed by atoms with Crippen LogP contribution in [0, 0.1) is 14.9 Å². The third kappa shape index (κ3) is 5.96. The van der Waals surface area contributed by atoms with Gasteiger partial charge in [0.25, 0.3) is 5.91 Å². The number of rotatable bonds is 8. The first-order chi connectivity index (χ1) is 15.5. The maximum absolute atomic E-state index is 12.2. The summed E-state index contributed by atoms with van der Waals surface area (Å²) in [5.41, 5.74) is 4.73. The number of benzene rings is 2. The highest BCUT2D eigenvalue weighted by Gasteiger charge is 2.14. The lowest BCUT2D eigenvalue weighted by Gasteiger charge is -2.15. The SMILES string of the molecule is CCOc1cc(C=NNC(=O)c2cccnc2Cl)cc(I)c1OCc1ccccc1C#N. The molecule has 162 valence electrons. The largest absolute Gasteiger partial charge is 0.490 e. The molecule has 0 saturated carbocycles. The topological polar surface area (TPSA) is 96.6 Å². The Morgan fingerprint density at radius 1 is 1.28 bits per heavy atom. The third-order valence-corrected chi connectivity index (χ3v) is 5.33. The second-order valence-corrected chi connectivity index (χ2v) is 7.88. The van der Waals surface area contributed by atoms with Crippen molar-refractivity contribution < 1.29 is 14.3 Å². The van der Waals surface area contributed by atoms with Gasteiger partial charge in [0.1, 0.15) is 11.8 Å². The molecule has 9 heteroatoms. The Morgan fingerprint density at radius 2 is 2.09 bits per heavy atom. The quantitative estimate of drug-likeness (QED) is 0.182. The second-order valence-electron chi connectivity index (χ2n) is 6.36. The number of hydrazone groups is 1. The number of carbonyl (C=O) groups is 1. The summed E-state index contributed by atoms with van der Waals surface area (Å²) >= 11 is 8.07. The molecule has 3 aromatic rings. The summed E-state index contributed by atoms with van der Waals surface area (Å²) in [4.78, 5) is 16.1. The smallest absolute Gasteiger partial charge is 0.274 e. The zero-order valence-corrected chi connectivity index (χ0v) is 19.9. The summed E-state index contributed by atoms with van der Waals surface area (Å²) in [7, 11) is 0. The maximum atomic E-state index is 12.2. The molecule has 0 fully saturated rings. The maximum Gasteiger partial charge on any atom is 0.274 e. The number of carbonyl (C=O) groups excluding carboxylic acids is 1. The van der Waals surface area contributed by atoms with Gasteiger partial charge in [-0.3, -0.25) is 4.79 Å². The molecule has 0 bridgehead atoms. The summed E-state index contributed by atoms with van der Waals surface area (Å²) in [6.45, 7) is 2.55. The third-order valence-electron chi connectivity index (χ3n) is 4.22. The second kappa shape index (κ2) is 11.5. The number of aromatic nitrogens is 1. The van der Waals surface area contributed by atoms with E-state index < -0.39 is 5.91 Å². The van der Waals surface area contributed by atoms with Crippen LogP contribution in [0.15, 0.2) is 59.8 Å². The van der Waals surface area contributed by atoms with Crippen LogP contribution in [-0.2, 0) is 6.61 Å². The van der Waals surface area contributed by atoms with Crippen molar-refractivity contribution in [3.05, 3.63) is 85.7 Å². The molecule has 0 saturated heterocycles. The van der Waals surface area contributed by atoms with Crippen molar-refractivity contribution in [3.8, 4) is 17.6 Å². The zero-order valence-electron chi connectivity index (χ0n) is 17.0. The first-order valence-electron chi connectivity index (χ1n) is 9.54. The molecule has 0 aliphatic rings. The summed E-state index contributed by atoms with van der Waals surface area (Å²) in [6.07, 6.45) is 3.00. The Labute approximate surface area is 204 Å². The molecule has 0 spiro atoms. The fraction of sp³-hybridized carbons (Fsp3) is 0.130. The molecule has 0 radical (unpaired) electrons. The van der Waals surface area contributed by atoms with E-state index in [1.54, 1.807) is 24.3 Å². The van der Waals surface area contributed by atoms with Crippen LogP contribution < -0.4 is 14.9 Å². The van der Waals surface area contributed by atoms with E-state index in [1.807, 2.05) is 31.2 Å². The fourth-order valence-electron chi connectivity index (χ4n) is 2.75. The molecular weight excluding hydrogens is 543 g/mol. The average Bonchev–Trinajstić information content (AvgIpc) is 2.79. The van der Waals surface area contributed by atoms with Gasteiger partial charge in [-0.05, 0) is 65.4 Å². The summed E-state index contributed by atoms with van der Waals surface area (Å²) < 4.78 is 12.5. The zero-order chi connectivity index (χ0) is 22.9. The lowest BCUT2D eigenvalue weighted by atomic mass is 10.1. The molecule has 0 unspecified atom stereocenters. The summed E-state index contributed by atoms with van der Waals surface area (Å²) in [6, 6.07) is 16.2. The molecule has 0 atom stereocenters. The van der Waals surface area contributed by atoms with Crippen LogP contribution in [0.5, 0.6) is 11.5 Å². The lowest BCUT2D eigenvalue weighted by molar-refractivity contribution is 0.0955. The van der Waals surface area contributed by atoms with Crippen molar-refractivity contribution in [3.63, 3.8) is 0 Å². The van der Waals surface area contributed by atoms with Crippen LogP contribution in [0.4, 0.5) is 0 Å². The van der Waals surface area contributed by atoms with E-state index in [4.69, 9.17) is 21.1 Å². The van der Waals surface area contributed by atoms with Crippen LogP contribution in [-0.4, -0.2) is 23.7 Å². The molecule has 7 nitrogen and oxygen atoms in total. The van der Waals surface area contributed by atoms with Crippen LogP contribution in [0.3, 0.4) is 0 Å². The first-order valence-corrected chi connectivity index (χ1v) is 11.0. The lowest BCUT2D eigenvalue weighted by Crippen LogP contribution is -2.18. The van der Waals surface area contributed by atoms with E-state index in [-0.39, 0.29) is 17.3 Å². The molecular formula is C23H18ClIN4O3. The summed E-state index contributed by atoms with van der Waals surface area (Å²) in [5, 5.41) is 13.4. The summed E-state index contributed by atoms with van der Waals surface area (Å²) in [5.74, 6) is 0.649. The Kier molecular flexibility index (Phi) is 8.41. The van der Waals surface area contributed by atoms with Crippen molar-refractivity contribution in [1.82, 2.24) is 10.4 Å². The molecule has 1 aromatic heterocycles. The minimum atomic E-state index is -0.463. The standard InChI is InChI=1S/C23H18ClIN4O3/c1-2-31-20-11-15(13-28-29-23(30)18-8-5-9-27-22(18)24)10-19(25)21(20)32-14-17-7-4-3-6-16(17)12-26/h3-11,13H,2,14H2,1H3,(H,29,30). The number of pyridine rings is 1. The predicted molar refractivity (Wildman–Crippen MR) is 130 cm³/mol. The van der Waals surface area contributed by atoms with Crippen molar-refractivity contribution in [2.75, 3.05) is 6.61 Å². The van der Waals surface area contributed by atoms with Crippen molar-refractivity contribution in [2.24, 2.45) is 5.10 Å². The van der Waals surface area contributed by atoms with E-state index in [1.165, 1.54) is 12.4 Å². The Hall–Kier alpha value is -3.16. The number of hydrogen-bond acceptors (Lipinski definition) is 6. The van der Waals surface area contributed by atoms with E-state index >= 15 is 0 Å². The number of nitriles is 1. The number of ether oxygens (including phenoxy) is 2. The molecule has 2 aromatic carbocycles. The highest BCUT2D eigenvalue weighted by Crippen LogP contribution is 2.34. The van der Waals surface area contributed by atoms with Crippen LogP contribution in [0.1, 0.15) is 34.0 Å². The van der Waals surface area contributed by atoms with Gasteiger partial charge in [0.15, 0.2) is 11.5 Å². The molecule has 1 N–H and O–H groups in total. The Balaban J connectivity index is 1.76. The number of hydrogen-bond donors (Lipinski definition) is 1. The van der Waals surface area contributed by atoms with Crippen molar-refractivity contribution in [1.29, 1.82) is 5.26 Å². The van der Waals surface area contributed by atoms with Gasteiger partial charge in [0.2, 0.25) is 0 Å². The van der Waals surface area contributed by atoms with Gasteiger partial charge in [-0.1, -0.05) is 29.8 Å². The van der Waals surface area contributed by atoms with Crippen molar-refractivity contribution >= 4 is 46.3 Å².